The van der Waals surface area contributed by atoms with Crippen LogP contribution in [0, 0.1) is 5.92 Å². The van der Waals surface area contributed by atoms with Gasteiger partial charge in [-0.15, -0.1) is 0 Å². The van der Waals surface area contributed by atoms with Crippen molar-refractivity contribution >= 4 is 32.9 Å². The fourth-order valence-electron chi connectivity index (χ4n) is 2.91. The van der Waals surface area contributed by atoms with Gasteiger partial charge in [-0.25, -0.2) is 13.4 Å². The summed E-state index contributed by atoms with van der Waals surface area (Å²) in [5.74, 6) is 1.49. The Morgan fingerprint density at radius 1 is 1.04 bits per heavy atom. The van der Waals surface area contributed by atoms with Crippen molar-refractivity contribution < 1.29 is 8.42 Å². The molecule has 1 aromatic heterocycles. The quantitative estimate of drug-likeness (QED) is 0.854. The second-order valence-corrected chi connectivity index (χ2v) is 8.40. The maximum Gasteiger partial charge on any atom is 0.229 e. The van der Waals surface area contributed by atoms with Gasteiger partial charge in [0.2, 0.25) is 10.0 Å². The minimum atomic E-state index is -3.28. The number of anilines is 4. The SMILES string of the molecule is CC1CCN(c2ccc(Nc3ccc(NS(C)(=O)=O)cn3)cc2)CC1. The average Bonchev–Trinajstić information content (AvgIpc) is 2.57. The van der Waals surface area contributed by atoms with Gasteiger partial charge in [-0.2, -0.15) is 0 Å². The van der Waals surface area contributed by atoms with Crippen molar-refractivity contribution in [2.75, 3.05) is 34.3 Å². The van der Waals surface area contributed by atoms with E-state index in [1.54, 1.807) is 12.1 Å². The third kappa shape index (κ3) is 5.09. The van der Waals surface area contributed by atoms with Crippen molar-refractivity contribution in [1.29, 1.82) is 0 Å². The molecule has 0 aliphatic carbocycles. The molecule has 0 saturated carbocycles. The highest BCUT2D eigenvalue weighted by atomic mass is 32.2. The van der Waals surface area contributed by atoms with Crippen LogP contribution in [0.25, 0.3) is 0 Å². The molecule has 1 aliphatic heterocycles. The molecule has 0 amide bonds. The van der Waals surface area contributed by atoms with E-state index >= 15 is 0 Å². The zero-order chi connectivity index (χ0) is 17.9. The highest BCUT2D eigenvalue weighted by Gasteiger charge is 2.15. The zero-order valence-electron chi connectivity index (χ0n) is 14.6. The van der Waals surface area contributed by atoms with Gasteiger partial charge in [-0.3, -0.25) is 4.72 Å². The van der Waals surface area contributed by atoms with E-state index in [2.05, 4.69) is 39.0 Å². The number of hydrogen-bond acceptors (Lipinski definition) is 5. The maximum atomic E-state index is 11.2. The Kier molecular flexibility index (Phi) is 5.13. The molecule has 1 fully saturated rings. The van der Waals surface area contributed by atoms with E-state index in [1.807, 2.05) is 12.1 Å². The Morgan fingerprint density at radius 3 is 2.24 bits per heavy atom. The Balaban J connectivity index is 1.61. The number of benzene rings is 1. The lowest BCUT2D eigenvalue weighted by molar-refractivity contribution is 0.438. The molecule has 0 unspecified atom stereocenters. The lowest BCUT2D eigenvalue weighted by atomic mass is 9.99. The van der Waals surface area contributed by atoms with Crippen LogP contribution >= 0.6 is 0 Å². The molecule has 7 heteroatoms. The predicted molar refractivity (Wildman–Crippen MR) is 103 cm³/mol. The van der Waals surface area contributed by atoms with Gasteiger partial charge < -0.3 is 10.2 Å². The number of piperidine rings is 1. The molecule has 0 radical (unpaired) electrons. The molecule has 6 nitrogen and oxygen atoms in total. The van der Waals surface area contributed by atoms with Gasteiger partial charge in [0.15, 0.2) is 0 Å². The largest absolute Gasteiger partial charge is 0.372 e. The first-order chi connectivity index (χ1) is 11.9. The predicted octanol–water partition coefficient (Wildman–Crippen LogP) is 3.43. The van der Waals surface area contributed by atoms with Gasteiger partial charge in [0.25, 0.3) is 0 Å². The lowest BCUT2D eigenvalue weighted by Crippen LogP contribution is -2.32. The van der Waals surface area contributed by atoms with Crippen LogP contribution in [-0.2, 0) is 10.0 Å². The first kappa shape index (κ1) is 17.5. The van der Waals surface area contributed by atoms with Crippen LogP contribution < -0.4 is 14.9 Å². The van der Waals surface area contributed by atoms with E-state index in [0.29, 0.717) is 11.5 Å². The normalized spacial score (nSPS) is 15.8. The number of nitrogens with zero attached hydrogens (tertiary/aromatic N) is 2. The van der Waals surface area contributed by atoms with Gasteiger partial charge in [0.05, 0.1) is 18.1 Å². The van der Waals surface area contributed by atoms with Gasteiger partial charge in [0, 0.05) is 24.5 Å². The Hall–Kier alpha value is -2.28. The minimum absolute atomic E-state index is 0.447. The fraction of sp³-hybridized carbons (Fsp3) is 0.389. The molecule has 0 spiro atoms. The van der Waals surface area contributed by atoms with Crippen molar-refractivity contribution in [3.63, 3.8) is 0 Å². The molecule has 0 atom stereocenters. The summed E-state index contributed by atoms with van der Waals surface area (Å²) in [6.07, 6.45) is 5.10. The minimum Gasteiger partial charge on any atom is -0.372 e. The monoisotopic (exact) mass is 360 g/mol. The van der Waals surface area contributed by atoms with Crippen molar-refractivity contribution in [2.24, 2.45) is 5.92 Å². The molecule has 2 heterocycles. The summed E-state index contributed by atoms with van der Waals surface area (Å²) in [6.45, 7) is 4.54. The third-order valence-corrected chi connectivity index (χ3v) is 4.96. The summed E-state index contributed by atoms with van der Waals surface area (Å²) in [4.78, 5) is 6.65. The van der Waals surface area contributed by atoms with E-state index in [4.69, 9.17) is 0 Å². The fourth-order valence-corrected chi connectivity index (χ4v) is 3.46. The molecule has 0 bridgehead atoms. The standard InChI is InChI=1S/C18H24N4O2S/c1-14-9-11-22(12-10-14)17-6-3-15(4-7-17)20-18-8-5-16(13-19-18)21-25(2,23)24/h3-8,13-14,21H,9-12H2,1-2H3,(H,19,20). The Labute approximate surface area is 149 Å². The summed E-state index contributed by atoms with van der Waals surface area (Å²) < 4.78 is 24.8. The number of nitrogens with one attached hydrogen (secondary N) is 2. The molecule has 1 aromatic carbocycles. The van der Waals surface area contributed by atoms with Crippen LogP contribution in [0.1, 0.15) is 19.8 Å². The molecule has 1 aliphatic rings. The lowest BCUT2D eigenvalue weighted by Gasteiger charge is -2.32. The first-order valence-electron chi connectivity index (χ1n) is 8.45. The highest BCUT2D eigenvalue weighted by Crippen LogP contribution is 2.25. The molecule has 2 aromatic rings. The van der Waals surface area contributed by atoms with Gasteiger partial charge in [-0.05, 0) is 55.2 Å². The second-order valence-electron chi connectivity index (χ2n) is 6.65. The van der Waals surface area contributed by atoms with Crippen LogP contribution in [0.2, 0.25) is 0 Å². The molecule has 1 saturated heterocycles. The number of hydrogen-bond donors (Lipinski definition) is 2. The number of sulfonamides is 1. The Morgan fingerprint density at radius 2 is 1.68 bits per heavy atom. The van der Waals surface area contributed by atoms with Crippen molar-refractivity contribution in [2.45, 2.75) is 19.8 Å². The summed E-state index contributed by atoms with van der Waals surface area (Å²) >= 11 is 0. The summed E-state index contributed by atoms with van der Waals surface area (Å²) in [5.41, 5.74) is 2.64. The van der Waals surface area contributed by atoms with E-state index in [0.717, 1.165) is 31.0 Å². The summed E-state index contributed by atoms with van der Waals surface area (Å²) in [7, 11) is -3.28. The van der Waals surface area contributed by atoms with Crippen LogP contribution in [-0.4, -0.2) is 32.7 Å². The van der Waals surface area contributed by atoms with Crippen LogP contribution in [0.3, 0.4) is 0 Å². The smallest absolute Gasteiger partial charge is 0.229 e. The van der Waals surface area contributed by atoms with Gasteiger partial charge in [-0.1, -0.05) is 6.92 Å². The molecule has 25 heavy (non-hydrogen) atoms. The summed E-state index contributed by atoms with van der Waals surface area (Å²) in [5, 5.41) is 3.22. The van der Waals surface area contributed by atoms with Gasteiger partial charge in [0.1, 0.15) is 5.82 Å². The third-order valence-electron chi connectivity index (χ3n) is 4.36. The zero-order valence-corrected chi connectivity index (χ0v) is 15.4. The topological polar surface area (TPSA) is 74.3 Å². The molecular weight excluding hydrogens is 336 g/mol. The van der Waals surface area contributed by atoms with Crippen molar-refractivity contribution in [1.82, 2.24) is 4.98 Å². The number of rotatable bonds is 5. The number of aromatic nitrogens is 1. The second kappa shape index (κ2) is 7.31. The van der Waals surface area contributed by atoms with E-state index in [9.17, 15) is 8.42 Å². The first-order valence-corrected chi connectivity index (χ1v) is 10.3. The Bertz CT molecular complexity index is 796. The molecule has 2 N–H and O–H groups in total. The molecule has 134 valence electrons. The van der Waals surface area contributed by atoms with Crippen LogP contribution in [0.5, 0.6) is 0 Å². The van der Waals surface area contributed by atoms with Crippen LogP contribution in [0.15, 0.2) is 42.6 Å². The average molecular weight is 360 g/mol. The van der Waals surface area contributed by atoms with E-state index < -0.39 is 10.0 Å². The molecule has 3 rings (SSSR count). The maximum absolute atomic E-state index is 11.2. The summed E-state index contributed by atoms with van der Waals surface area (Å²) in [6, 6.07) is 11.7. The van der Waals surface area contributed by atoms with Gasteiger partial charge >= 0.3 is 0 Å². The van der Waals surface area contributed by atoms with Crippen LogP contribution in [0.4, 0.5) is 22.9 Å². The molecular formula is C18H24N4O2S. The van der Waals surface area contributed by atoms with E-state index in [-0.39, 0.29) is 0 Å². The van der Waals surface area contributed by atoms with Crippen molar-refractivity contribution in [3.05, 3.63) is 42.6 Å². The number of pyridine rings is 1. The van der Waals surface area contributed by atoms with E-state index in [1.165, 1.54) is 24.7 Å². The van der Waals surface area contributed by atoms with Crippen molar-refractivity contribution in [3.8, 4) is 0 Å². The highest BCUT2D eigenvalue weighted by molar-refractivity contribution is 7.92.